The van der Waals surface area contributed by atoms with Crippen LogP contribution in [0.5, 0.6) is 5.75 Å². The molecule has 0 saturated carbocycles. The largest absolute Gasteiger partial charge is 0.508 e. The molecular weight excluding hydrogens is 272 g/mol. The highest BCUT2D eigenvalue weighted by Gasteiger charge is 2.15. The number of nitrogens with two attached hydrogens (primary N) is 2. The zero-order valence-electron chi connectivity index (χ0n) is 11.0. The molecule has 0 fully saturated rings. The van der Waals surface area contributed by atoms with Gasteiger partial charge in [0.1, 0.15) is 11.6 Å². The lowest BCUT2D eigenvalue weighted by atomic mass is 10.1. The average molecular weight is 286 g/mol. The molecule has 0 aliphatic rings. The van der Waals surface area contributed by atoms with E-state index in [1.165, 1.54) is 0 Å². The molecule has 108 valence electrons. The highest BCUT2D eigenvalue weighted by Crippen LogP contribution is 2.17. The molecule has 0 aliphatic heterocycles. The normalized spacial score (nSPS) is 12.6. The minimum absolute atomic E-state index is 0.0117. The Morgan fingerprint density at radius 1 is 1.19 bits per heavy atom. The number of hydrogen-bond acceptors (Lipinski definition) is 6. The Balaban J connectivity index is 1.91. The fraction of sp³-hybridized carbons (Fsp3) is 0.154. The van der Waals surface area contributed by atoms with E-state index in [2.05, 4.69) is 19.9 Å². The first-order valence-corrected chi connectivity index (χ1v) is 6.32. The van der Waals surface area contributed by atoms with E-state index in [0.717, 1.165) is 5.56 Å². The number of phenols is 1. The molecule has 1 aromatic carbocycles. The van der Waals surface area contributed by atoms with Gasteiger partial charge in [-0.05, 0) is 24.1 Å². The van der Waals surface area contributed by atoms with Gasteiger partial charge >= 0.3 is 0 Å². The molecule has 1 unspecified atom stereocenters. The fourth-order valence-electron chi connectivity index (χ4n) is 2.10. The summed E-state index contributed by atoms with van der Waals surface area (Å²) in [6, 6.07) is 6.31. The topological polar surface area (TPSA) is 147 Å². The highest BCUT2D eigenvalue weighted by atomic mass is 16.3. The van der Waals surface area contributed by atoms with Crippen LogP contribution in [0, 0.1) is 0 Å². The van der Waals surface area contributed by atoms with Gasteiger partial charge in [0.15, 0.2) is 11.2 Å². The lowest BCUT2D eigenvalue weighted by Crippen LogP contribution is -2.15. The SMILES string of the molecule is Nc1nc2nc(C(N)Cc3ccc(O)cc3)[nH]c2c(=O)[nH]1. The number of nitrogens with zero attached hydrogens (tertiary/aromatic N) is 2. The van der Waals surface area contributed by atoms with Gasteiger partial charge in [-0.15, -0.1) is 0 Å². The predicted molar refractivity (Wildman–Crippen MR) is 77.7 cm³/mol. The Morgan fingerprint density at radius 2 is 1.90 bits per heavy atom. The van der Waals surface area contributed by atoms with Crippen LogP contribution in [0.15, 0.2) is 29.1 Å². The van der Waals surface area contributed by atoms with E-state index in [1.54, 1.807) is 24.3 Å². The predicted octanol–water partition coefficient (Wildman–Crippen LogP) is 0.176. The van der Waals surface area contributed by atoms with Crippen molar-refractivity contribution in [2.75, 3.05) is 5.73 Å². The van der Waals surface area contributed by atoms with Gasteiger partial charge in [0.05, 0.1) is 6.04 Å². The Kier molecular flexibility index (Phi) is 3.07. The van der Waals surface area contributed by atoms with Crippen molar-refractivity contribution < 1.29 is 5.11 Å². The molecule has 0 amide bonds. The number of aromatic hydroxyl groups is 1. The summed E-state index contributed by atoms with van der Waals surface area (Å²) in [4.78, 5) is 25.1. The lowest BCUT2D eigenvalue weighted by Gasteiger charge is -2.08. The molecule has 7 N–H and O–H groups in total. The minimum atomic E-state index is -0.427. The van der Waals surface area contributed by atoms with Crippen molar-refractivity contribution in [1.29, 1.82) is 0 Å². The fourth-order valence-corrected chi connectivity index (χ4v) is 2.10. The van der Waals surface area contributed by atoms with E-state index < -0.39 is 6.04 Å². The zero-order valence-corrected chi connectivity index (χ0v) is 11.0. The maximum Gasteiger partial charge on any atom is 0.278 e. The van der Waals surface area contributed by atoms with Gasteiger partial charge in [0.2, 0.25) is 5.95 Å². The molecule has 0 saturated heterocycles. The number of nitrogens with one attached hydrogen (secondary N) is 2. The molecule has 2 aromatic heterocycles. The number of benzene rings is 1. The van der Waals surface area contributed by atoms with E-state index in [-0.39, 0.29) is 28.4 Å². The Morgan fingerprint density at radius 3 is 2.62 bits per heavy atom. The van der Waals surface area contributed by atoms with Crippen LogP contribution >= 0.6 is 0 Å². The minimum Gasteiger partial charge on any atom is -0.508 e. The van der Waals surface area contributed by atoms with Gasteiger partial charge < -0.3 is 21.6 Å². The van der Waals surface area contributed by atoms with Crippen molar-refractivity contribution in [3.8, 4) is 5.75 Å². The maximum atomic E-state index is 11.7. The van der Waals surface area contributed by atoms with Gasteiger partial charge in [-0.1, -0.05) is 12.1 Å². The second-order valence-electron chi connectivity index (χ2n) is 4.75. The van der Waals surface area contributed by atoms with Gasteiger partial charge in [-0.25, -0.2) is 4.98 Å². The summed E-state index contributed by atoms with van der Waals surface area (Å²) >= 11 is 0. The second kappa shape index (κ2) is 4.91. The van der Waals surface area contributed by atoms with Crippen molar-refractivity contribution >= 4 is 17.1 Å². The van der Waals surface area contributed by atoms with Gasteiger partial charge in [-0.2, -0.15) is 4.98 Å². The summed E-state index contributed by atoms with van der Waals surface area (Å²) in [6.07, 6.45) is 0.507. The van der Waals surface area contributed by atoms with Crippen molar-refractivity contribution in [1.82, 2.24) is 19.9 Å². The van der Waals surface area contributed by atoms with Gasteiger partial charge in [-0.3, -0.25) is 9.78 Å². The van der Waals surface area contributed by atoms with Crippen LogP contribution in [0.4, 0.5) is 5.95 Å². The molecule has 0 bridgehead atoms. The van der Waals surface area contributed by atoms with E-state index in [9.17, 15) is 9.90 Å². The second-order valence-corrected chi connectivity index (χ2v) is 4.75. The molecule has 3 aromatic rings. The van der Waals surface area contributed by atoms with E-state index >= 15 is 0 Å². The number of rotatable bonds is 3. The molecule has 2 heterocycles. The third-order valence-corrected chi connectivity index (χ3v) is 3.14. The smallest absolute Gasteiger partial charge is 0.278 e. The Bertz CT molecular complexity index is 836. The van der Waals surface area contributed by atoms with E-state index in [1.807, 2.05) is 0 Å². The van der Waals surface area contributed by atoms with Gasteiger partial charge in [0, 0.05) is 0 Å². The Hall–Kier alpha value is -2.87. The van der Waals surface area contributed by atoms with Crippen LogP contribution in [-0.4, -0.2) is 25.0 Å². The first-order valence-electron chi connectivity index (χ1n) is 6.32. The molecule has 1 atom stereocenters. The van der Waals surface area contributed by atoms with Crippen LogP contribution in [0.2, 0.25) is 0 Å². The molecule has 0 spiro atoms. The van der Waals surface area contributed by atoms with Crippen LogP contribution in [0.3, 0.4) is 0 Å². The average Bonchev–Trinajstić information content (AvgIpc) is 2.85. The van der Waals surface area contributed by atoms with Crippen LogP contribution in [0.25, 0.3) is 11.2 Å². The number of aromatic amines is 2. The third kappa shape index (κ3) is 2.56. The Labute approximate surface area is 118 Å². The number of hydrogen-bond donors (Lipinski definition) is 5. The number of fused-ring (bicyclic) bond motifs is 1. The number of imidazole rings is 1. The number of phenolic OH excluding ortho intramolecular Hbond substituents is 1. The summed E-state index contributed by atoms with van der Waals surface area (Å²) in [5.41, 5.74) is 12.6. The number of anilines is 1. The lowest BCUT2D eigenvalue weighted by molar-refractivity contribution is 0.475. The zero-order chi connectivity index (χ0) is 15.0. The summed E-state index contributed by atoms with van der Waals surface area (Å²) in [5.74, 6) is 0.668. The standard InChI is InChI=1S/C13H14N6O2/c14-8(5-6-1-3-7(20)4-2-6)10-16-9-11(17-10)18-13(15)19-12(9)21/h1-4,8,20H,5,14H2,(H4,15,16,17,18,19,21). The highest BCUT2D eigenvalue weighted by molar-refractivity contribution is 5.70. The van der Waals surface area contributed by atoms with Crippen molar-refractivity contribution in [3.05, 3.63) is 46.0 Å². The van der Waals surface area contributed by atoms with Crippen LogP contribution in [-0.2, 0) is 6.42 Å². The first kappa shape index (κ1) is 13.1. The van der Waals surface area contributed by atoms with Crippen molar-refractivity contribution in [3.63, 3.8) is 0 Å². The maximum absolute atomic E-state index is 11.7. The molecule has 3 rings (SSSR count). The first-order chi connectivity index (χ1) is 10.0. The van der Waals surface area contributed by atoms with Crippen molar-refractivity contribution in [2.24, 2.45) is 5.73 Å². The van der Waals surface area contributed by atoms with Crippen LogP contribution in [0.1, 0.15) is 17.4 Å². The van der Waals surface area contributed by atoms with Crippen LogP contribution < -0.4 is 17.0 Å². The van der Waals surface area contributed by atoms with E-state index in [0.29, 0.717) is 12.2 Å². The summed E-state index contributed by atoms with van der Waals surface area (Å²) in [6.45, 7) is 0. The molecule has 8 heteroatoms. The summed E-state index contributed by atoms with van der Waals surface area (Å²) < 4.78 is 0. The quantitative estimate of drug-likeness (QED) is 0.464. The summed E-state index contributed by atoms with van der Waals surface area (Å²) in [5, 5.41) is 9.25. The molecule has 8 nitrogen and oxygen atoms in total. The molecule has 0 aliphatic carbocycles. The van der Waals surface area contributed by atoms with Gasteiger partial charge in [0.25, 0.3) is 5.56 Å². The third-order valence-electron chi connectivity index (χ3n) is 3.14. The number of nitrogen functional groups attached to an aromatic ring is 1. The van der Waals surface area contributed by atoms with E-state index in [4.69, 9.17) is 11.5 Å². The molecule has 0 radical (unpaired) electrons. The van der Waals surface area contributed by atoms with Crippen molar-refractivity contribution in [2.45, 2.75) is 12.5 Å². The molecular formula is C13H14N6O2. The number of aromatic nitrogens is 4. The molecule has 21 heavy (non-hydrogen) atoms. The number of H-pyrrole nitrogens is 2. The monoisotopic (exact) mass is 286 g/mol. The summed E-state index contributed by atoms with van der Waals surface area (Å²) in [7, 11) is 0.